The Labute approximate surface area is 100 Å². The van der Waals surface area contributed by atoms with E-state index in [0.29, 0.717) is 28.9 Å². The molecule has 0 aromatic carbocycles. The SMILES string of the molecule is CC1CCCN(S(=O)(=O)c2cc(N)cs2)C1. The number of hydrogen-bond acceptors (Lipinski definition) is 4. The molecule has 0 aliphatic carbocycles. The van der Waals surface area contributed by atoms with Crippen LogP contribution < -0.4 is 5.73 Å². The average Bonchev–Trinajstić information content (AvgIpc) is 2.65. The van der Waals surface area contributed by atoms with Gasteiger partial charge >= 0.3 is 0 Å². The molecule has 16 heavy (non-hydrogen) atoms. The molecular weight excluding hydrogens is 244 g/mol. The number of anilines is 1. The minimum atomic E-state index is -3.30. The quantitative estimate of drug-likeness (QED) is 0.881. The molecule has 4 nitrogen and oxygen atoms in total. The summed E-state index contributed by atoms with van der Waals surface area (Å²) in [6.45, 7) is 3.34. The number of nitrogens with zero attached hydrogens (tertiary/aromatic N) is 1. The van der Waals surface area contributed by atoms with Gasteiger partial charge in [0.05, 0.1) is 0 Å². The van der Waals surface area contributed by atoms with E-state index < -0.39 is 10.0 Å². The van der Waals surface area contributed by atoms with Crippen molar-refractivity contribution in [2.45, 2.75) is 24.0 Å². The lowest BCUT2D eigenvalue weighted by molar-refractivity contribution is 0.281. The van der Waals surface area contributed by atoms with Gasteiger partial charge in [-0.05, 0) is 24.8 Å². The fourth-order valence-electron chi connectivity index (χ4n) is 1.96. The van der Waals surface area contributed by atoms with Crippen LogP contribution in [0.5, 0.6) is 0 Å². The third-order valence-corrected chi connectivity index (χ3v) is 6.11. The molecule has 1 atom stereocenters. The summed E-state index contributed by atoms with van der Waals surface area (Å²) in [6, 6.07) is 1.54. The first-order valence-corrected chi connectivity index (χ1v) is 7.66. The Morgan fingerprint density at radius 1 is 1.56 bits per heavy atom. The number of thiophene rings is 1. The molecule has 1 unspecified atom stereocenters. The lowest BCUT2D eigenvalue weighted by atomic mass is 10.0. The summed E-state index contributed by atoms with van der Waals surface area (Å²) in [7, 11) is -3.30. The molecule has 1 fully saturated rings. The maximum atomic E-state index is 12.2. The Balaban J connectivity index is 2.25. The van der Waals surface area contributed by atoms with Gasteiger partial charge in [-0.15, -0.1) is 11.3 Å². The molecule has 0 bridgehead atoms. The molecule has 0 saturated carbocycles. The van der Waals surface area contributed by atoms with Crippen molar-refractivity contribution in [1.82, 2.24) is 4.31 Å². The summed E-state index contributed by atoms with van der Waals surface area (Å²) >= 11 is 1.20. The minimum absolute atomic E-state index is 0.360. The third kappa shape index (κ3) is 2.23. The van der Waals surface area contributed by atoms with E-state index in [1.54, 1.807) is 15.8 Å². The third-order valence-electron chi connectivity index (χ3n) is 2.81. The molecule has 0 spiro atoms. The average molecular weight is 260 g/mol. The topological polar surface area (TPSA) is 63.4 Å². The summed E-state index contributed by atoms with van der Waals surface area (Å²) in [5.74, 6) is 0.445. The summed E-state index contributed by atoms with van der Waals surface area (Å²) in [5.41, 5.74) is 6.08. The van der Waals surface area contributed by atoms with Crippen molar-refractivity contribution in [1.29, 1.82) is 0 Å². The van der Waals surface area contributed by atoms with Gasteiger partial charge in [-0.1, -0.05) is 6.92 Å². The van der Waals surface area contributed by atoms with E-state index in [1.165, 1.54) is 11.3 Å². The summed E-state index contributed by atoms with van der Waals surface area (Å²) < 4.78 is 26.4. The maximum absolute atomic E-state index is 12.2. The Morgan fingerprint density at radius 2 is 2.31 bits per heavy atom. The zero-order valence-electron chi connectivity index (χ0n) is 9.22. The molecule has 2 N–H and O–H groups in total. The Bertz CT molecular complexity index is 467. The second kappa shape index (κ2) is 4.35. The highest BCUT2D eigenvalue weighted by Crippen LogP contribution is 2.28. The van der Waals surface area contributed by atoms with Crippen LogP contribution in [-0.4, -0.2) is 25.8 Å². The van der Waals surface area contributed by atoms with E-state index in [1.807, 2.05) is 0 Å². The molecule has 6 heteroatoms. The number of nitrogens with two attached hydrogens (primary N) is 1. The smallest absolute Gasteiger partial charge is 0.252 e. The second-order valence-corrected chi connectivity index (χ2v) is 7.39. The van der Waals surface area contributed by atoms with Crippen LogP contribution >= 0.6 is 11.3 Å². The minimum Gasteiger partial charge on any atom is -0.398 e. The van der Waals surface area contributed by atoms with Crippen LogP contribution in [0.4, 0.5) is 5.69 Å². The van der Waals surface area contributed by atoms with Crippen molar-refractivity contribution in [2.24, 2.45) is 5.92 Å². The van der Waals surface area contributed by atoms with Gasteiger partial charge in [0.2, 0.25) is 0 Å². The van der Waals surface area contributed by atoms with Gasteiger partial charge in [-0.3, -0.25) is 0 Å². The van der Waals surface area contributed by atoms with E-state index >= 15 is 0 Å². The van der Waals surface area contributed by atoms with Crippen molar-refractivity contribution in [2.75, 3.05) is 18.8 Å². The van der Waals surface area contributed by atoms with Crippen LogP contribution in [0.25, 0.3) is 0 Å². The number of rotatable bonds is 2. The number of hydrogen-bond donors (Lipinski definition) is 1. The summed E-state index contributed by atoms with van der Waals surface area (Å²) in [5, 5.41) is 1.67. The van der Waals surface area contributed by atoms with Crippen molar-refractivity contribution in [3.8, 4) is 0 Å². The number of sulfonamides is 1. The molecular formula is C10H16N2O2S2. The predicted molar refractivity (Wildman–Crippen MR) is 65.9 cm³/mol. The lowest BCUT2D eigenvalue weighted by Gasteiger charge is -2.29. The van der Waals surface area contributed by atoms with E-state index in [4.69, 9.17) is 5.73 Å². The molecule has 1 saturated heterocycles. The molecule has 2 heterocycles. The molecule has 2 rings (SSSR count). The van der Waals surface area contributed by atoms with E-state index in [9.17, 15) is 8.42 Å². The Hall–Kier alpha value is -0.590. The van der Waals surface area contributed by atoms with Gasteiger partial charge in [-0.2, -0.15) is 4.31 Å². The van der Waals surface area contributed by atoms with Gasteiger partial charge in [0.25, 0.3) is 10.0 Å². The van der Waals surface area contributed by atoms with Crippen molar-refractivity contribution in [3.05, 3.63) is 11.4 Å². The van der Waals surface area contributed by atoms with Crippen molar-refractivity contribution in [3.63, 3.8) is 0 Å². The molecule has 1 aliphatic rings. The van der Waals surface area contributed by atoms with E-state index in [-0.39, 0.29) is 0 Å². The predicted octanol–water partition coefficient (Wildman–Crippen LogP) is 1.75. The molecule has 1 aromatic rings. The van der Waals surface area contributed by atoms with Gasteiger partial charge in [0, 0.05) is 24.2 Å². The van der Waals surface area contributed by atoms with Crippen LogP contribution in [0.15, 0.2) is 15.7 Å². The zero-order chi connectivity index (χ0) is 11.8. The zero-order valence-corrected chi connectivity index (χ0v) is 10.9. The van der Waals surface area contributed by atoms with Crippen LogP contribution in [0.1, 0.15) is 19.8 Å². The fourth-order valence-corrected chi connectivity index (χ4v) is 4.79. The first-order valence-electron chi connectivity index (χ1n) is 5.34. The van der Waals surface area contributed by atoms with Crippen LogP contribution in [0, 0.1) is 5.92 Å². The fraction of sp³-hybridized carbons (Fsp3) is 0.600. The van der Waals surface area contributed by atoms with Crippen molar-refractivity contribution >= 4 is 27.0 Å². The van der Waals surface area contributed by atoms with Crippen LogP contribution in [0.3, 0.4) is 0 Å². The second-order valence-electron chi connectivity index (χ2n) is 4.31. The van der Waals surface area contributed by atoms with Gasteiger partial charge in [0.1, 0.15) is 4.21 Å². The number of nitrogen functional groups attached to an aromatic ring is 1. The van der Waals surface area contributed by atoms with E-state index in [0.717, 1.165) is 12.8 Å². The van der Waals surface area contributed by atoms with Crippen molar-refractivity contribution < 1.29 is 8.42 Å². The highest BCUT2D eigenvalue weighted by molar-refractivity contribution is 7.91. The lowest BCUT2D eigenvalue weighted by Crippen LogP contribution is -2.38. The maximum Gasteiger partial charge on any atom is 0.252 e. The Kier molecular flexibility index (Phi) is 3.23. The largest absolute Gasteiger partial charge is 0.398 e. The van der Waals surface area contributed by atoms with E-state index in [2.05, 4.69) is 6.92 Å². The highest BCUT2D eigenvalue weighted by Gasteiger charge is 2.29. The first kappa shape index (κ1) is 11.9. The van der Waals surface area contributed by atoms with Crippen LogP contribution in [0.2, 0.25) is 0 Å². The summed E-state index contributed by atoms with van der Waals surface area (Å²) in [4.78, 5) is 0. The normalized spacial score (nSPS) is 23.4. The molecule has 1 aromatic heterocycles. The van der Waals surface area contributed by atoms with Gasteiger partial charge in [-0.25, -0.2) is 8.42 Å². The molecule has 0 radical (unpaired) electrons. The number of piperidine rings is 1. The standard InChI is InChI=1S/C10H16N2O2S2/c1-8-3-2-4-12(6-8)16(13,14)10-5-9(11)7-15-10/h5,7-8H,2-4,6,11H2,1H3. The monoisotopic (exact) mass is 260 g/mol. The Morgan fingerprint density at radius 3 is 2.88 bits per heavy atom. The van der Waals surface area contributed by atoms with Gasteiger partial charge < -0.3 is 5.73 Å². The van der Waals surface area contributed by atoms with Gasteiger partial charge in [0.15, 0.2) is 0 Å². The molecule has 0 amide bonds. The summed E-state index contributed by atoms with van der Waals surface area (Å²) in [6.07, 6.45) is 2.06. The highest BCUT2D eigenvalue weighted by atomic mass is 32.2. The first-order chi connectivity index (χ1) is 7.50. The molecule has 90 valence electrons. The van der Waals surface area contributed by atoms with Crippen LogP contribution in [-0.2, 0) is 10.0 Å². The molecule has 1 aliphatic heterocycles.